The third-order valence-electron chi connectivity index (χ3n) is 4.10. The van der Waals surface area contributed by atoms with E-state index in [4.69, 9.17) is 4.74 Å². The minimum atomic E-state index is 0.113. The number of hydrogen-bond donors (Lipinski definition) is 1. The Kier molecular flexibility index (Phi) is 5.42. The summed E-state index contributed by atoms with van der Waals surface area (Å²) in [5.41, 5.74) is 1.16. The molecule has 0 unspecified atom stereocenters. The van der Waals surface area contributed by atoms with Crippen molar-refractivity contribution in [1.82, 2.24) is 14.9 Å². The number of amides is 1. The molecular weight excluding hydrogens is 290 g/mol. The summed E-state index contributed by atoms with van der Waals surface area (Å²) >= 11 is 0. The minimum Gasteiger partial charge on any atom is -0.377 e. The molecule has 5 heteroatoms. The van der Waals surface area contributed by atoms with Crippen LogP contribution in [0.5, 0.6) is 0 Å². The standard InChI is InChI=1S/C18H23N3O2/c22-18(7-4-12-23-14-15-5-2-1-3-6-15)20-16-8-9-17-19-10-11-21(17)13-16/h1-3,5-6,10-11,16H,4,7-9,12-14H2,(H,20,22)/t16-/m1/s1. The Morgan fingerprint density at radius 2 is 2.22 bits per heavy atom. The summed E-state index contributed by atoms with van der Waals surface area (Å²) in [6.07, 6.45) is 6.96. The van der Waals surface area contributed by atoms with Crippen LogP contribution < -0.4 is 5.32 Å². The van der Waals surface area contributed by atoms with Crippen LogP contribution in [0.4, 0.5) is 0 Å². The molecule has 0 spiro atoms. The molecule has 1 N–H and O–H groups in total. The summed E-state index contributed by atoms with van der Waals surface area (Å²) in [6.45, 7) is 2.04. The van der Waals surface area contributed by atoms with Gasteiger partial charge in [-0.1, -0.05) is 30.3 Å². The first-order chi connectivity index (χ1) is 11.3. The van der Waals surface area contributed by atoms with Crippen LogP contribution in [0.3, 0.4) is 0 Å². The molecule has 2 aromatic rings. The largest absolute Gasteiger partial charge is 0.377 e. The lowest BCUT2D eigenvalue weighted by atomic mass is 10.1. The van der Waals surface area contributed by atoms with Gasteiger partial charge in [0.25, 0.3) is 0 Å². The average Bonchev–Trinajstić information content (AvgIpc) is 3.03. The van der Waals surface area contributed by atoms with E-state index >= 15 is 0 Å². The molecule has 0 saturated heterocycles. The zero-order valence-electron chi connectivity index (χ0n) is 13.3. The van der Waals surface area contributed by atoms with Gasteiger partial charge in [-0.25, -0.2) is 4.98 Å². The normalized spacial score (nSPS) is 16.8. The Hall–Kier alpha value is -2.14. The van der Waals surface area contributed by atoms with Gasteiger partial charge in [0.05, 0.1) is 6.61 Å². The number of carbonyl (C=O) groups is 1. The second-order valence-electron chi connectivity index (χ2n) is 5.94. The summed E-state index contributed by atoms with van der Waals surface area (Å²) in [7, 11) is 0. The Morgan fingerprint density at radius 3 is 3.09 bits per heavy atom. The number of rotatable bonds is 7. The summed E-state index contributed by atoms with van der Waals surface area (Å²) in [6, 6.07) is 10.3. The Bertz CT molecular complexity index is 624. The van der Waals surface area contributed by atoms with Crippen LogP contribution in [0.2, 0.25) is 0 Å². The number of imidazole rings is 1. The van der Waals surface area contributed by atoms with E-state index in [-0.39, 0.29) is 11.9 Å². The van der Waals surface area contributed by atoms with E-state index in [2.05, 4.69) is 14.9 Å². The zero-order valence-corrected chi connectivity index (χ0v) is 13.3. The third kappa shape index (κ3) is 4.66. The molecule has 0 fully saturated rings. The van der Waals surface area contributed by atoms with Crippen LogP contribution in [0, 0.1) is 0 Å². The molecule has 0 radical (unpaired) electrons. The van der Waals surface area contributed by atoms with Crippen molar-refractivity contribution in [3.05, 3.63) is 54.1 Å². The van der Waals surface area contributed by atoms with Gasteiger partial charge in [-0.05, 0) is 18.4 Å². The number of aromatic nitrogens is 2. The predicted molar refractivity (Wildman–Crippen MR) is 87.8 cm³/mol. The van der Waals surface area contributed by atoms with Gasteiger partial charge in [0, 0.05) is 44.4 Å². The SMILES string of the molecule is O=C(CCCOCc1ccccc1)N[C@@H]1CCc2nccn2C1. The number of aryl methyl sites for hydroxylation is 1. The number of fused-ring (bicyclic) bond motifs is 1. The van der Waals surface area contributed by atoms with E-state index in [1.165, 1.54) is 0 Å². The smallest absolute Gasteiger partial charge is 0.220 e. The van der Waals surface area contributed by atoms with Gasteiger partial charge in [-0.15, -0.1) is 0 Å². The van der Waals surface area contributed by atoms with Crippen molar-refractivity contribution in [3.8, 4) is 0 Å². The van der Waals surface area contributed by atoms with E-state index in [0.29, 0.717) is 19.6 Å². The molecule has 0 saturated carbocycles. The van der Waals surface area contributed by atoms with Crippen molar-refractivity contribution in [3.63, 3.8) is 0 Å². The van der Waals surface area contributed by atoms with Crippen LogP contribution in [-0.4, -0.2) is 28.1 Å². The molecule has 1 amide bonds. The van der Waals surface area contributed by atoms with Crippen molar-refractivity contribution in [2.24, 2.45) is 0 Å². The van der Waals surface area contributed by atoms with Gasteiger partial charge in [0.1, 0.15) is 5.82 Å². The fourth-order valence-corrected chi connectivity index (χ4v) is 2.88. The Morgan fingerprint density at radius 1 is 1.35 bits per heavy atom. The average molecular weight is 313 g/mol. The molecule has 0 bridgehead atoms. The quantitative estimate of drug-likeness (QED) is 0.798. The first kappa shape index (κ1) is 15.7. The van der Waals surface area contributed by atoms with E-state index in [1.54, 1.807) is 0 Å². The highest BCUT2D eigenvalue weighted by atomic mass is 16.5. The predicted octanol–water partition coefficient (Wildman–Crippen LogP) is 2.31. The highest BCUT2D eigenvalue weighted by molar-refractivity contribution is 5.76. The van der Waals surface area contributed by atoms with Crippen molar-refractivity contribution < 1.29 is 9.53 Å². The van der Waals surface area contributed by atoms with Crippen molar-refractivity contribution in [2.45, 2.75) is 44.9 Å². The molecule has 23 heavy (non-hydrogen) atoms. The highest BCUT2D eigenvalue weighted by Gasteiger charge is 2.19. The summed E-state index contributed by atoms with van der Waals surface area (Å²) < 4.78 is 7.73. The van der Waals surface area contributed by atoms with Gasteiger partial charge < -0.3 is 14.6 Å². The van der Waals surface area contributed by atoms with E-state index in [0.717, 1.165) is 37.2 Å². The number of carbonyl (C=O) groups excluding carboxylic acids is 1. The lowest BCUT2D eigenvalue weighted by Gasteiger charge is -2.24. The summed E-state index contributed by atoms with van der Waals surface area (Å²) in [5, 5.41) is 3.12. The fourth-order valence-electron chi connectivity index (χ4n) is 2.88. The number of nitrogens with one attached hydrogen (secondary N) is 1. The molecule has 5 nitrogen and oxygen atoms in total. The first-order valence-electron chi connectivity index (χ1n) is 8.22. The minimum absolute atomic E-state index is 0.113. The topological polar surface area (TPSA) is 56.1 Å². The summed E-state index contributed by atoms with van der Waals surface area (Å²) in [5.74, 6) is 1.23. The molecule has 0 aliphatic carbocycles. The maximum Gasteiger partial charge on any atom is 0.220 e. The number of ether oxygens (including phenoxy) is 1. The lowest BCUT2D eigenvalue weighted by molar-refractivity contribution is -0.122. The highest BCUT2D eigenvalue weighted by Crippen LogP contribution is 2.13. The summed E-state index contributed by atoms with van der Waals surface area (Å²) in [4.78, 5) is 16.3. The van der Waals surface area contributed by atoms with Gasteiger partial charge in [0.15, 0.2) is 0 Å². The molecule has 122 valence electrons. The second-order valence-corrected chi connectivity index (χ2v) is 5.94. The molecule has 1 atom stereocenters. The molecule has 1 aliphatic rings. The maximum absolute atomic E-state index is 12.0. The van der Waals surface area contributed by atoms with E-state index in [1.807, 2.05) is 42.7 Å². The van der Waals surface area contributed by atoms with Crippen LogP contribution in [0.1, 0.15) is 30.7 Å². The number of hydrogen-bond acceptors (Lipinski definition) is 3. The van der Waals surface area contributed by atoms with E-state index < -0.39 is 0 Å². The Labute approximate surface area is 136 Å². The van der Waals surface area contributed by atoms with Crippen LogP contribution >= 0.6 is 0 Å². The lowest BCUT2D eigenvalue weighted by Crippen LogP contribution is -2.40. The third-order valence-corrected chi connectivity index (χ3v) is 4.10. The van der Waals surface area contributed by atoms with Gasteiger partial charge in [-0.2, -0.15) is 0 Å². The van der Waals surface area contributed by atoms with Crippen LogP contribution in [0.25, 0.3) is 0 Å². The molecule has 1 aromatic heterocycles. The van der Waals surface area contributed by atoms with Gasteiger partial charge in [0.2, 0.25) is 5.91 Å². The molecule has 2 heterocycles. The van der Waals surface area contributed by atoms with Crippen molar-refractivity contribution in [1.29, 1.82) is 0 Å². The number of benzene rings is 1. The Balaban J connectivity index is 1.30. The monoisotopic (exact) mass is 313 g/mol. The maximum atomic E-state index is 12.0. The zero-order chi connectivity index (χ0) is 15.9. The fraction of sp³-hybridized carbons (Fsp3) is 0.444. The van der Waals surface area contributed by atoms with Crippen LogP contribution in [-0.2, 0) is 29.1 Å². The van der Waals surface area contributed by atoms with Gasteiger partial charge >= 0.3 is 0 Å². The van der Waals surface area contributed by atoms with Crippen molar-refractivity contribution in [2.75, 3.05) is 6.61 Å². The van der Waals surface area contributed by atoms with Crippen LogP contribution in [0.15, 0.2) is 42.7 Å². The van der Waals surface area contributed by atoms with E-state index in [9.17, 15) is 4.79 Å². The second kappa shape index (κ2) is 7.92. The molecule has 1 aliphatic heterocycles. The van der Waals surface area contributed by atoms with Gasteiger partial charge in [-0.3, -0.25) is 4.79 Å². The molecule has 3 rings (SSSR count). The molecule has 1 aromatic carbocycles. The first-order valence-corrected chi connectivity index (χ1v) is 8.22. The van der Waals surface area contributed by atoms with Crippen molar-refractivity contribution >= 4 is 5.91 Å². The molecular formula is C18H23N3O2. The number of nitrogens with zero attached hydrogens (tertiary/aromatic N) is 2.